The van der Waals surface area contributed by atoms with E-state index in [9.17, 15) is 4.79 Å². The van der Waals surface area contributed by atoms with Crippen molar-refractivity contribution < 1.29 is 9.53 Å². The molecule has 3 rings (SSSR count). The van der Waals surface area contributed by atoms with Gasteiger partial charge in [0.05, 0.1) is 5.69 Å². The number of nitrogens with zero attached hydrogens (tertiary/aromatic N) is 3. The average molecular weight is 326 g/mol. The number of benzene rings is 1. The zero-order valence-corrected chi connectivity index (χ0v) is 13.2. The second-order valence-corrected chi connectivity index (χ2v) is 5.61. The van der Waals surface area contributed by atoms with Gasteiger partial charge in [-0.25, -0.2) is 9.97 Å². The van der Waals surface area contributed by atoms with Gasteiger partial charge in [-0.15, -0.1) is 0 Å². The van der Waals surface area contributed by atoms with Gasteiger partial charge in [0.1, 0.15) is 23.6 Å². The molecule has 1 aromatic carbocycles. The lowest BCUT2D eigenvalue weighted by molar-refractivity contribution is 0.102. The van der Waals surface area contributed by atoms with Crippen molar-refractivity contribution in [3.05, 3.63) is 65.7 Å². The van der Waals surface area contributed by atoms with E-state index in [-0.39, 0.29) is 11.6 Å². The minimum Gasteiger partial charge on any atom is -0.473 e. The van der Waals surface area contributed by atoms with Gasteiger partial charge in [0.15, 0.2) is 0 Å². The van der Waals surface area contributed by atoms with Crippen LogP contribution in [0.25, 0.3) is 0 Å². The van der Waals surface area contributed by atoms with Crippen LogP contribution in [0.15, 0.2) is 48.8 Å². The molecule has 23 heavy (non-hydrogen) atoms. The molecule has 0 saturated carbocycles. The summed E-state index contributed by atoms with van der Waals surface area (Å²) in [6.07, 6.45) is 1.31. The zero-order chi connectivity index (χ0) is 16.1. The van der Waals surface area contributed by atoms with Crippen molar-refractivity contribution in [3.8, 4) is 5.88 Å². The van der Waals surface area contributed by atoms with Gasteiger partial charge in [-0.2, -0.15) is 4.37 Å². The van der Waals surface area contributed by atoms with Crippen molar-refractivity contribution in [2.24, 2.45) is 0 Å². The van der Waals surface area contributed by atoms with Crippen molar-refractivity contribution in [1.29, 1.82) is 0 Å². The monoisotopic (exact) mass is 326 g/mol. The molecule has 0 bridgehead atoms. The lowest BCUT2D eigenvalue weighted by Gasteiger charge is -2.06. The summed E-state index contributed by atoms with van der Waals surface area (Å²) in [5, 5.41) is 3.43. The summed E-state index contributed by atoms with van der Waals surface area (Å²) >= 11 is 1.23. The van der Waals surface area contributed by atoms with Crippen LogP contribution >= 0.6 is 11.5 Å². The van der Waals surface area contributed by atoms with Crippen LogP contribution in [0.3, 0.4) is 0 Å². The number of hydrogen-bond donors (Lipinski definition) is 1. The first-order valence-corrected chi connectivity index (χ1v) is 7.71. The smallest absolute Gasteiger partial charge is 0.275 e. The van der Waals surface area contributed by atoms with Crippen LogP contribution in [0.5, 0.6) is 5.88 Å². The normalized spacial score (nSPS) is 10.3. The predicted octanol–water partition coefficient (Wildman–Crippen LogP) is 3.07. The summed E-state index contributed by atoms with van der Waals surface area (Å²) in [4.78, 5) is 20.2. The predicted molar refractivity (Wildman–Crippen MR) is 87.6 cm³/mol. The number of nitrogens with one attached hydrogen (secondary N) is 1. The maximum Gasteiger partial charge on any atom is 0.275 e. The summed E-state index contributed by atoms with van der Waals surface area (Å²) < 4.78 is 9.71. The number of hydrogen-bond acceptors (Lipinski definition) is 6. The van der Waals surface area contributed by atoms with Gasteiger partial charge in [0.25, 0.3) is 5.91 Å². The molecule has 0 atom stereocenters. The van der Waals surface area contributed by atoms with Gasteiger partial charge in [0, 0.05) is 6.07 Å². The largest absolute Gasteiger partial charge is 0.473 e. The highest BCUT2D eigenvalue weighted by molar-refractivity contribution is 7.10. The van der Waals surface area contributed by atoms with Crippen molar-refractivity contribution >= 4 is 22.4 Å². The Hall–Kier alpha value is -2.80. The van der Waals surface area contributed by atoms with E-state index in [0.29, 0.717) is 17.5 Å². The Balaban J connectivity index is 1.65. The first-order chi connectivity index (χ1) is 11.2. The van der Waals surface area contributed by atoms with E-state index in [0.717, 1.165) is 11.3 Å². The van der Waals surface area contributed by atoms with Crippen LogP contribution in [0, 0.1) is 6.92 Å². The molecule has 2 aromatic heterocycles. The number of carbonyl (C=O) groups is 1. The number of ether oxygens (including phenoxy) is 1. The maximum absolute atomic E-state index is 12.2. The Morgan fingerprint density at radius 3 is 2.78 bits per heavy atom. The zero-order valence-electron chi connectivity index (χ0n) is 12.4. The Labute approximate surface area is 137 Å². The first kappa shape index (κ1) is 15.1. The first-order valence-electron chi connectivity index (χ1n) is 6.94. The lowest BCUT2D eigenvalue weighted by Crippen LogP contribution is -2.13. The standard InChI is InChI=1S/C16H14N4O2S/c1-11-7-15(23-20-11)19-16(21)13-8-14(18-10-17-13)22-9-12-5-3-2-4-6-12/h2-8,10H,9H2,1H3,(H,19,21). The molecule has 0 aliphatic heterocycles. The molecule has 3 aromatic rings. The van der Waals surface area contributed by atoms with E-state index < -0.39 is 0 Å². The summed E-state index contributed by atoms with van der Waals surface area (Å²) in [6, 6.07) is 13.1. The molecule has 1 N–H and O–H groups in total. The quantitative estimate of drug-likeness (QED) is 0.779. The van der Waals surface area contributed by atoms with Crippen LogP contribution in [0.2, 0.25) is 0 Å². The highest BCUT2D eigenvalue weighted by atomic mass is 32.1. The molecule has 2 heterocycles. The molecule has 0 saturated heterocycles. The summed E-state index contributed by atoms with van der Waals surface area (Å²) in [7, 11) is 0. The molecule has 0 fully saturated rings. The molecular weight excluding hydrogens is 312 g/mol. The third-order valence-corrected chi connectivity index (χ3v) is 3.76. The molecule has 0 aliphatic rings. The van der Waals surface area contributed by atoms with Crippen molar-refractivity contribution in [3.63, 3.8) is 0 Å². The van der Waals surface area contributed by atoms with E-state index in [1.54, 1.807) is 6.07 Å². The topological polar surface area (TPSA) is 77.0 Å². The van der Waals surface area contributed by atoms with Gasteiger partial charge in [-0.3, -0.25) is 4.79 Å². The molecule has 0 radical (unpaired) electrons. The van der Waals surface area contributed by atoms with E-state index in [1.165, 1.54) is 23.9 Å². The van der Waals surface area contributed by atoms with Crippen molar-refractivity contribution in [1.82, 2.24) is 14.3 Å². The Kier molecular flexibility index (Phi) is 4.58. The minimum absolute atomic E-state index is 0.245. The fraction of sp³-hybridized carbons (Fsp3) is 0.125. The van der Waals surface area contributed by atoms with Crippen LogP contribution in [0.1, 0.15) is 21.7 Å². The van der Waals surface area contributed by atoms with Crippen molar-refractivity contribution in [2.45, 2.75) is 13.5 Å². The third-order valence-electron chi connectivity index (χ3n) is 2.97. The van der Waals surface area contributed by atoms with Crippen LogP contribution in [0.4, 0.5) is 5.00 Å². The van der Waals surface area contributed by atoms with E-state index in [1.807, 2.05) is 37.3 Å². The highest BCUT2D eigenvalue weighted by Crippen LogP contribution is 2.17. The van der Waals surface area contributed by atoms with Crippen LogP contribution in [-0.2, 0) is 6.61 Å². The number of aromatic nitrogens is 3. The van der Waals surface area contributed by atoms with Crippen molar-refractivity contribution in [2.75, 3.05) is 5.32 Å². The van der Waals surface area contributed by atoms with E-state index >= 15 is 0 Å². The summed E-state index contributed by atoms with van der Waals surface area (Å²) in [5.74, 6) is 0.0371. The highest BCUT2D eigenvalue weighted by Gasteiger charge is 2.11. The molecule has 7 heteroatoms. The fourth-order valence-electron chi connectivity index (χ4n) is 1.87. The molecule has 0 unspecified atom stereocenters. The molecule has 0 aliphatic carbocycles. The molecule has 0 spiro atoms. The van der Waals surface area contributed by atoms with Crippen LogP contribution < -0.4 is 10.1 Å². The number of rotatable bonds is 5. The SMILES string of the molecule is Cc1cc(NC(=O)c2cc(OCc3ccccc3)ncn2)sn1. The van der Waals surface area contributed by atoms with E-state index in [2.05, 4.69) is 19.7 Å². The molecule has 116 valence electrons. The Bertz CT molecular complexity index is 805. The number of anilines is 1. The van der Waals surface area contributed by atoms with Gasteiger partial charge in [0.2, 0.25) is 5.88 Å². The average Bonchev–Trinajstić information content (AvgIpc) is 2.99. The summed E-state index contributed by atoms with van der Waals surface area (Å²) in [6.45, 7) is 2.25. The van der Waals surface area contributed by atoms with Gasteiger partial charge >= 0.3 is 0 Å². The van der Waals surface area contributed by atoms with Crippen LogP contribution in [-0.4, -0.2) is 20.2 Å². The Morgan fingerprint density at radius 1 is 1.22 bits per heavy atom. The molecule has 1 amide bonds. The number of aryl methyl sites for hydroxylation is 1. The number of carbonyl (C=O) groups excluding carboxylic acids is 1. The lowest BCUT2D eigenvalue weighted by atomic mass is 10.2. The minimum atomic E-state index is -0.319. The Morgan fingerprint density at radius 2 is 2.04 bits per heavy atom. The number of amides is 1. The third kappa shape index (κ3) is 4.10. The maximum atomic E-state index is 12.2. The molecular formula is C16H14N4O2S. The van der Waals surface area contributed by atoms with Gasteiger partial charge in [-0.1, -0.05) is 30.3 Å². The van der Waals surface area contributed by atoms with Gasteiger partial charge < -0.3 is 10.1 Å². The second-order valence-electron chi connectivity index (χ2n) is 4.80. The van der Waals surface area contributed by atoms with Gasteiger partial charge in [-0.05, 0) is 30.1 Å². The van der Waals surface area contributed by atoms with E-state index in [4.69, 9.17) is 4.74 Å². The molecule has 6 nitrogen and oxygen atoms in total. The second kappa shape index (κ2) is 6.97. The fourth-order valence-corrected chi connectivity index (χ4v) is 2.53. The summed E-state index contributed by atoms with van der Waals surface area (Å²) in [5.41, 5.74) is 2.13.